The second-order valence-electron chi connectivity index (χ2n) is 6.38. The van der Waals surface area contributed by atoms with Crippen LogP contribution in [0.4, 0.5) is 0 Å². The first-order valence-electron chi connectivity index (χ1n) is 8.52. The van der Waals surface area contributed by atoms with Crippen molar-refractivity contribution in [2.24, 2.45) is 5.92 Å². The van der Waals surface area contributed by atoms with E-state index in [1.54, 1.807) is 0 Å². The number of ether oxygens (including phenoxy) is 1. The van der Waals surface area contributed by atoms with Gasteiger partial charge in [0.1, 0.15) is 5.75 Å². The van der Waals surface area contributed by atoms with Gasteiger partial charge in [0.15, 0.2) is 0 Å². The Balaban J connectivity index is 1.56. The maximum atomic E-state index is 6.16. The minimum atomic E-state index is 0.428. The number of hydrogen-bond donors (Lipinski definition) is 1. The molecule has 1 saturated carbocycles. The van der Waals surface area contributed by atoms with Crippen molar-refractivity contribution in [2.75, 3.05) is 13.1 Å². The largest absolute Gasteiger partial charge is 0.490 e. The predicted molar refractivity (Wildman–Crippen MR) is 88.6 cm³/mol. The molecule has 0 bridgehead atoms. The fraction of sp³-hybridized carbons (Fsp3) is 0.579. The van der Waals surface area contributed by atoms with Gasteiger partial charge >= 0.3 is 0 Å². The molecular weight excluding hydrogens is 258 g/mol. The summed E-state index contributed by atoms with van der Waals surface area (Å²) in [5.74, 6) is 1.97. The summed E-state index contributed by atoms with van der Waals surface area (Å²) in [6.07, 6.45) is 10.3. The topological polar surface area (TPSA) is 21.3 Å². The molecule has 114 valence electrons. The van der Waals surface area contributed by atoms with Crippen molar-refractivity contribution in [1.29, 1.82) is 0 Å². The molecule has 1 fully saturated rings. The van der Waals surface area contributed by atoms with Crippen molar-refractivity contribution in [3.8, 4) is 5.75 Å². The number of nitrogens with one attached hydrogen (secondary N) is 1. The summed E-state index contributed by atoms with van der Waals surface area (Å²) in [7, 11) is 0. The molecule has 1 aromatic rings. The predicted octanol–water partition coefficient (Wildman–Crippen LogP) is 4.41. The molecule has 0 radical (unpaired) electrons. The van der Waals surface area contributed by atoms with E-state index in [0.717, 1.165) is 31.2 Å². The molecule has 1 aliphatic heterocycles. The van der Waals surface area contributed by atoms with Gasteiger partial charge in [0.2, 0.25) is 0 Å². The summed E-state index contributed by atoms with van der Waals surface area (Å²) < 4.78 is 6.16. The second-order valence-corrected chi connectivity index (χ2v) is 6.38. The lowest BCUT2D eigenvalue weighted by molar-refractivity contribution is 0.130. The molecule has 2 heteroatoms. The van der Waals surface area contributed by atoms with E-state index in [1.807, 2.05) is 0 Å². The van der Waals surface area contributed by atoms with Crippen molar-refractivity contribution in [1.82, 2.24) is 5.32 Å². The lowest BCUT2D eigenvalue weighted by Gasteiger charge is -2.28. The van der Waals surface area contributed by atoms with E-state index >= 15 is 0 Å². The fourth-order valence-corrected chi connectivity index (χ4v) is 3.48. The van der Waals surface area contributed by atoms with E-state index in [-0.39, 0.29) is 0 Å². The van der Waals surface area contributed by atoms with Gasteiger partial charge in [0.05, 0.1) is 6.10 Å². The highest BCUT2D eigenvalue weighted by Crippen LogP contribution is 2.30. The third-order valence-corrected chi connectivity index (χ3v) is 4.96. The summed E-state index contributed by atoms with van der Waals surface area (Å²) >= 11 is 0. The average Bonchev–Trinajstić information content (AvgIpc) is 2.57. The first-order chi connectivity index (χ1) is 10.3. The molecule has 2 nitrogen and oxygen atoms in total. The summed E-state index contributed by atoms with van der Waals surface area (Å²) in [5, 5.41) is 3.36. The molecule has 1 heterocycles. The lowest BCUT2D eigenvalue weighted by Crippen LogP contribution is -2.23. The van der Waals surface area contributed by atoms with Crippen LogP contribution in [0.1, 0.15) is 51.0 Å². The molecule has 2 aliphatic rings. The first kappa shape index (κ1) is 14.6. The third kappa shape index (κ3) is 3.88. The first-order valence-corrected chi connectivity index (χ1v) is 8.52. The van der Waals surface area contributed by atoms with Crippen molar-refractivity contribution >= 4 is 5.57 Å². The molecule has 0 amide bonds. The Hall–Kier alpha value is -1.28. The SMILES string of the molecule is CC[C@H]1CC[C@@H](Oc2ccc(C3=CCNCC3)cc2)CC1. The summed E-state index contributed by atoms with van der Waals surface area (Å²) in [6, 6.07) is 8.71. The minimum Gasteiger partial charge on any atom is -0.490 e. The second kappa shape index (κ2) is 7.13. The van der Waals surface area contributed by atoms with Gasteiger partial charge in [0.25, 0.3) is 0 Å². The molecule has 0 aromatic heterocycles. The van der Waals surface area contributed by atoms with Gasteiger partial charge in [-0.3, -0.25) is 0 Å². The third-order valence-electron chi connectivity index (χ3n) is 4.96. The molecule has 1 aromatic carbocycles. The number of rotatable bonds is 4. The maximum absolute atomic E-state index is 6.16. The Morgan fingerprint density at radius 3 is 2.48 bits per heavy atom. The minimum absolute atomic E-state index is 0.428. The van der Waals surface area contributed by atoms with E-state index in [4.69, 9.17) is 4.74 Å². The van der Waals surface area contributed by atoms with Crippen molar-refractivity contribution in [3.05, 3.63) is 35.9 Å². The van der Waals surface area contributed by atoms with E-state index in [2.05, 4.69) is 42.6 Å². The zero-order chi connectivity index (χ0) is 14.5. The molecule has 3 rings (SSSR count). The van der Waals surface area contributed by atoms with Crippen LogP contribution in [0.15, 0.2) is 30.3 Å². The summed E-state index contributed by atoms with van der Waals surface area (Å²) in [5.41, 5.74) is 2.81. The highest BCUT2D eigenvalue weighted by atomic mass is 16.5. The standard InChI is InChI=1S/C19H27NO/c1-2-15-3-7-18(8-4-15)21-19-9-5-16(6-10-19)17-11-13-20-14-12-17/h5-6,9-11,15,18,20H,2-4,7-8,12-14H2,1H3/t15-,18+. The van der Waals surface area contributed by atoms with Gasteiger partial charge in [0, 0.05) is 6.54 Å². The van der Waals surface area contributed by atoms with Crippen LogP contribution in [0, 0.1) is 5.92 Å². The molecule has 21 heavy (non-hydrogen) atoms. The molecule has 0 saturated heterocycles. The smallest absolute Gasteiger partial charge is 0.119 e. The Kier molecular flexibility index (Phi) is 4.97. The normalized spacial score (nSPS) is 26.2. The highest BCUT2D eigenvalue weighted by Gasteiger charge is 2.21. The van der Waals surface area contributed by atoms with E-state index in [0.29, 0.717) is 6.10 Å². The van der Waals surface area contributed by atoms with Crippen LogP contribution in [-0.4, -0.2) is 19.2 Å². The highest BCUT2D eigenvalue weighted by molar-refractivity contribution is 5.67. The fourth-order valence-electron chi connectivity index (χ4n) is 3.48. The molecule has 1 N–H and O–H groups in total. The van der Waals surface area contributed by atoms with Crippen LogP contribution in [0.3, 0.4) is 0 Å². The molecule has 0 atom stereocenters. The Bertz CT molecular complexity index is 469. The zero-order valence-corrected chi connectivity index (χ0v) is 13.1. The van der Waals surface area contributed by atoms with Gasteiger partial charge < -0.3 is 10.1 Å². The van der Waals surface area contributed by atoms with Gasteiger partial charge in [-0.15, -0.1) is 0 Å². The molecular formula is C19H27NO. The van der Waals surface area contributed by atoms with Crippen LogP contribution >= 0.6 is 0 Å². The Labute approximate surface area is 128 Å². The van der Waals surface area contributed by atoms with Crippen molar-refractivity contribution in [3.63, 3.8) is 0 Å². The zero-order valence-electron chi connectivity index (χ0n) is 13.1. The van der Waals surface area contributed by atoms with Gasteiger partial charge in [-0.05, 0) is 67.8 Å². The van der Waals surface area contributed by atoms with E-state index in [1.165, 1.54) is 43.2 Å². The quantitative estimate of drug-likeness (QED) is 0.884. The Morgan fingerprint density at radius 2 is 1.86 bits per heavy atom. The monoisotopic (exact) mass is 285 g/mol. The van der Waals surface area contributed by atoms with E-state index in [9.17, 15) is 0 Å². The van der Waals surface area contributed by atoms with Gasteiger partial charge in [-0.2, -0.15) is 0 Å². The summed E-state index contributed by atoms with van der Waals surface area (Å²) in [6.45, 7) is 4.39. The van der Waals surface area contributed by atoms with Gasteiger partial charge in [-0.25, -0.2) is 0 Å². The number of benzene rings is 1. The lowest BCUT2D eigenvalue weighted by atomic mass is 9.86. The molecule has 1 aliphatic carbocycles. The van der Waals surface area contributed by atoms with Crippen molar-refractivity contribution in [2.45, 2.75) is 51.6 Å². The van der Waals surface area contributed by atoms with Crippen LogP contribution in [0.5, 0.6) is 5.75 Å². The van der Waals surface area contributed by atoms with E-state index < -0.39 is 0 Å². The van der Waals surface area contributed by atoms with Crippen LogP contribution in [0.2, 0.25) is 0 Å². The molecule has 0 unspecified atom stereocenters. The van der Waals surface area contributed by atoms with Crippen LogP contribution in [0.25, 0.3) is 5.57 Å². The van der Waals surface area contributed by atoms with Gasteiger partial charge in [-0.1, -0.05) is 31.6 Å². The van der Waals surface area contributed by atoms with Crippen molar-refractivity contribution < 1.29 is 4.74 Å². The van der Waals surface area contributed by atoms with Crippen LogP contribution < -0.4 is 10.1 Å². The Morgan fingerprint density at radius 1 is 1.10 bits per heavy atom. The molecule has 0 spiro atoms. The maximum Gasteiger partial charge on any atom is 0.119 e. The van der Waals surface area contributed by atoms with Crippen LogP contribution in [-0.2, 0) is 0 Å². The number of hydrogen-bond acceptors (Lipinski definition) is 2. The summed E-state index contributed by atoms with van der Waals surface area (Å²) in [4.78, 5) is 0. The average molecular weight is 285 g/mol.